The van der Waals surface area contributed by atoms with E-state index in [1.807, 2.05) is 0 Å². The van der Waals surface area contributed by atoms with Crippen molar-refractivity contribution >= 4 is 29.4 Å². The van der Waals surface area contributed by atoms with Gasteiger partial charge in [-0.3, -0.25) is 19.4 Å². The quantitative estimate of drug-likeness (QED) is 0.555. The number of halogens is 2. The van der Waals surface area contributed by atoms with Crippen LogP contribution in [0.2, 0.25) is 0 Å². The van der Waals surface area contributed by atoms with Crippen LogP contribution in [0.5, 0.6) is 0 Å². The average Bonchev–Trinajstić information content (AvgIpc) is 3.18. The van der Waals surface area contributed by atoms with Crippen LogP contribution in [0.4, 0.5) is 19.3 Å². The predicted molar refractivity (Wildman–Crippen MR) is 111 cm³/mol. The molecule has 3 rings (SSSR count). The third kappa shape index (κ3) is 5.56. The number of nitrogens with one attached hydrogen (secondary N) is 2. The number of amides is 5. The van der Waals surface area contributed by atoms with Crippen LogP contribution in [0.1, 0.15) is 16.9 Å². The van der Waals surface area contributed by atoms with Gasteiger partial charge in [-0.05, 0) is 18.6 Å². The maximum atomic E-state index is 13.9. The lowest BCUT2D eigenvalue weighted by molar-refractivity contribution is -0.137. The van der Waals surface area contributed by atoms with Gasteiger partial charge in [0.15, 0.2) is 0 Å². The number of hydrogen-bond donors (Lipinski definition) is 3. The molecule has 11 nitrogen and oxygen atoms in total. The summed E-state index contributed by atoms with van der Waals surface area (Å²) in [7, 11) is 1.33. The summed E-state index contributed by atoms with van der Waals surface area (Å²) in [6.07, 6.45) is 4.13. The zero-order valence-corrected chi connectivity index (χ0v) is 17.5. The highest BCUT2D eigenvalue weighted by atomic mass is 19.1. The van der Waals surface area contributed by atoms with E-state index in [0.29, 0.717) is 6.07 Å². The molecule has 0 aliphatic carbocycles. The number of rotatable bonds is 6. The van der Waals surface area contributed by atoms with Crippen molar-refractivity contribution in [1.82, 2.24) is 25.1 Å². The molecule has 4 N–H and O–H groups in total. The Morgan fingerprint density at radius 2 is 2.00 bits per heavy atom. The Morgan fingerprint density at radius 1 is 1.24 bits per heavy atom. The van der Waals surface area contributed by atoms with Crippen molar-refractivity contribution < 1.29 is 28.0 Å². The van der Waals surface area contributed by atoms with Crippen LogP contribution in [0.25, 0.3) is 0 Å². The number of hydrogen-bond acceptors (Lipinski definition) is 6. The van der Waals surface area contributed by atoms with Gasteiger partial charge in [-0.2, -0.15) is 0 Å². The van der Waals surface area contributed by atoms with Crippen LogP contribution in [0.3, 0.4) is 0 Å². The molecule has 1 aliphatic rings. The summed E-state index contributed by atoms with van der Waals surface area (Å²) in [6, 6.07) is -0.302. The number of carbonyl (C=O) groups excluding carboxylic acids is 4. The van der Waals surface area contributed by atoms with E-state index in [1.54, 1.807) is 0 Å². The molecule has 0 radical (unpaired) electrons. The number of primary amides is 1. The molecule has 0 bridgehead atoms. The van der Waals surface area contributed by atoms with E-state index in [0.717, 1.165) is 17.0 Å². The smallest absolute Gasteiger partial charge is 0.319 e. The molecule has 1 fully saturated rings. The number of likely N-dealkylation sites (tertiary alicyclic amines) is 1. The third-order valence-electron chi connectivity index (χ3n) is 4.96. The van der Waals surface area contributed by atoms with Gasteiger partial charge >= 0.3 is 6.03 Å². The Morgan fingerprint density at radius 3 is 2.64 bits per heavy atom. The van der Waals surface area contributed by atoms with Crippen LogP contribution < -0.4 is 16.4 Å². The number of carbonyl (C=O) groups is 4. The first-order chi connectivity index (χ1) is 15.7. The maximum Gasteiger partial charge on any atom is 0.319 e. The summed E-state index contributed by atoms with van der Waals surface area (Å²) in [5.74, 6) is -3.78. The molecule has 1 aromatic heterocycles. The molecule has 2 heterocycles. The molecule has 174 valence electrons. The molecule has 1 saturated heterocycles. The van der Waals surface area contributed by atoms with E-state index < -0.39 is 54.0 Å². The third-order valence-corrected chi connectivity index (χ3v) is 4.96. The van der Waals surface area contributed by atoms with Gasteiger partial charge < -0.3 is 26.2 Å². The van der Waals surface area contributed by atoms with Gasteiger partial charge in [-0.1, -0.05) is 0 Å². The number of benzene rings is 1. The molecule has 0 saturated carbocycles. The van der Waals surface area contributed by atoms with E-state index in [-0.39, 0.29) is 24.3 Å². The lowest BCUT2D eigenvalue weighted by atomic mass is 10.1. The summed E-state index contributed by atoms with van der Waals surface area (Å²) < 4.78 is 26.9. The zero-order chi connectivity index (χ0) is 24.1. The lowest BCUT2D eigenvalue weighted by Gasteiger charge is -2.30. The lowest BCUT2D eigenvalue weighted by Crippen LogP contribution is -2.56. The van der Waals surface area contributed by atoms with Gasteiger partial charge in [0.25, 0.3) is 5.91 Å². The van der Waals surface area contributed by atoms with Crippen molar-refractivity contribution in [3.63, 3.8) is 0 Å². The van der Waals surface area contributed by atoms with E-state index in [9.17, 15) is 28.0 Å². The molecular formula is C20H21F2N7O4. The standard InChI is InChI=1S/C20H21F2N7O4/c1-28(10-16(23)30)19(32)17-14(4-7-29(17)18(31)15-9-24-5-6-25-15)27-20(33)26-13-3-2-11(21)8-12(13)22/h2-3,5-6,8-9,14,17H,4,7,10H2,1H3,(H2,23,30)(H2,26,27,33). The van der Waals surface area contributed by atoms with Crippen LogP contribution in [-0.4, -0.2) is 75.7 Å². The SMILES string of the molecule is CN(CC(N)=O)C(=O)C1C(NC(=O)Nc2ccc(F)cc2F)CCN1C(=O)c1cnccn1. The Labute approximate surface area is 187 Å². The topological polar surface area (TPSA) is 151 Å². The molecule has 13 heteroatoms. The number of aromatic nitrogens is 2. The average molecular weight is 461 g/mol. The number of urea groups is 1. The number of nitrogens with two attached hydrogens (primary N) is 1. The molecular weight excluding hydrogens is 440 g/mol. The molecule has 2 unspecified atom stereocenters. The maximum absolute atomic E-state index is 13.9. The second-order valence-electron chi connectivity index (χ2n) is 7.31. The Hall–Kier alpha value is -4.16. The van der Waals surface area contributed by atoms with E-state index >= 15 is 0 Å². The van der Waals surface area contributed by atoms with Gasteiger partial charge in [0, 0.05) is 32.1 Å². The first-order valence-corrected chi connectivity index (χ1v) is 9.80. The summed E-state index contributed by atoms with van der Waals surface area (Å²) in [5, 5.41) is 4.79. The zero-order valence-electron chi connectivity index (χ0n) is 17.5. The van der Waals surface area contributed by atoms with E-state index in [1.165, 1.54) is 30.5 Å². The van der Waals surface area contributed by atoms with Gasteiger partial charge in [-0.15, -0.1) is 0 Å². The first kappa shape index (κ1) is 23.5. The first-order valence-electron chi connectivity index (χ1n) is 9.80. The summed E-state index contributed by atoms with van der Waals surface area (Å²) >= 11 is 0. The number of anilines is 1. The highest BCUT2D eigenvalue weighted by Crippen LogP contribution is 2.23. The Balaban J connectivity index is 1.81. The molecule has 2 atom stereocenters. The summed E-state index contributed by atoms with van der Waals surface area (Å²) in [4.78, 5) is 59.8. The van der Waals surface area contributed by atoms with Crippen molar-refractivity contribution in [2.45, 2.75) is 18.5 Å². The monoisotopic (exact) mass is 461 g/mol. The van der Waals surface area contributed by atoms with E-state index in [2.05, 4.69) is 20.6 Å². The van der Waals surface area contributed by atoms with Crippen molar-refractivity contribution in [3.05, 3.63) is 54.1 Å². The summed E-state index contributed by atoms with van der Waals surface area (Å²) in [5.41, 5.74) is 4.89. The molecule has 0 spiro atoms. The van der Waals surface area contributed by atoms with Crippen LogP contribution in [0.15, 0.2) is 36.8 Å². The van der Waals surface area contributed by atoms with Crippen molar-refractivity contribution in [1.29, 1.82) is 0 Å². The highest BCUT2D eigenvalue weighted by molar-refractivity contribution is 5.98. The predicted octanol–water partition coefficient (Wildman–Crippen LogP) is 0.103. The fourth-order valence-corrected chi connectivity index (χ4v) is 3.49. The minimum Gasteiger partial charge on any atom is -0.368 e. The minimum absolute atomic E-state index is 0.00802. The molecule has 1 aliphatic heterocycles. The Kier molecular flexibility index (Phi) is 7.10. The Bertz CT molecular complexity index is 1070. The van der Waals surface area contributed by atoms with Gasteiger partial charge in [0.2, 0.25) is 11.8 Å². The van der Waals surface area contributed by atoms with Crippen molar-refractivity contribution in [2.75, 3.05) is 25.5 Å². The van der Waals surface area contributed by atoms with Gasteiger partial charge in [0.05, 0.1) is 24.5 Å². The molecule has 2 aromatic rings. The van der Waals surface area contributed by atoms with Gasteiger partial charge in [0.1, 0.15) is 23.4 Å². The van der Waals surface area contributed by atoms with Crippen LogP contribution in [0, 0.1) is 11.6 Å². The molecule has 5 amide bonds. The largest absolute Gasteiger partial charge is 0.368 e. The number of likely N-dealkylation sites (N-methyl/N-ethyl adjacent to an activating group) is 1. The second kappa shape index (κ2) is 9.97. The minimum atomic E-state index is -1.19. The van der Waals surface area contributed by atoms with Crippen LogP contribution >= 0.6 is 0 Å². The molecule has 1 aromatic carbocycles. The normalized spacial score (nSPS) is 17.4. The van der Waals surface area contributed by atoms with Crippen molar-refractivity contribution in [3.8, 4) is 0 Å². The highest BCUT2D eigenvalue weighted by Gasteiger charge is 2.44. The van der Waals surface area contributed by atoms with E-state index in [4.69, 9.17) is 5.73 Å². The fraction of sp³-hybridized carbons (Fsp3) is 0.300. The molecule has 33 heavy (non-hydrogen) atoms. The van der Waals surface area contributed by atoms with Crippen LogP contribution in [-0.2, 0) is 9.59 Å². The summed E-state index contributed by atoms with van der Waals surface area (Å²) in [6.45, 7) is -0.311. The van der Waals surface area contributed by atoms with Crippen molar-refractivity contribution in [2.24, 2.45) is 5.73 Å². The fourth-order valence-electron chi connectivity index (χ4n) is 3.49. The van der Waals surface area contributed by atoms with Gasteiger partial charge in [-0.25, -0.2) is 18.6 Å². The number of nitrogens with zero attached hydrogens (tertiary/aromatic N) is 4. The second-order valence-corrected chi connectivity index (χ2v) is 7.31.